The molecule has 0 aliphatic carbocycles. The van der Waals surface area contributed by atoms with Crippen LogP contribution in [0.15, 0.2) is 71.3 Å². The highest BCUT2D eigenvalue weighted by Crippen LogP contribution is 2.36. The minimum Gasteiger partial charge on any atom is -0.475 e. The number of benzene rings is 1. The Labute approximate surface area is 159 Å². The molecule has 6 heteroatoms. The first kappa shape index (κ1) is 16.3. The van der Waals surface area contributed by atoms with E-state index in [0.29, 0.717) is 5.58 Å². The first-order valence-corrected chi connectivity index (χ1v) is 8.79. The Bertz CT molecular complexity index is 1360. The fourth-order valence-electron chi connectivity index (χ4n) is 3.44. The number of carbonyl (C=O) groups is 1. The third-order valence-corrected chi connectivity index (χ3v) is 4.69. The second-order valence-electron chi connectivity index (χ2n) is 6.59. The van der Waals surface area contributed by atoms with E-state index in [2.05, 4.69) is 4.98 Å². The van der Waals surface area contributed by atoms with E-state index in [4.69, 9.17) is 9.52 Å². The molecule has 6 nitrogen and oxygen atoms in total. The molecule has 0 saturated carbocycles. The van der Waals surface area contributed by atoms with E-state index < -0.39 is 5.97 Å². The topological polar surface area (TPSA) is 80.6 Å². The van der Waals surface area contributed by atoms with Crippen LogP contribution in [0.5, 0.6) is 0 Å². The summed E-state index contributed by atoms with van der Waals surface area (Å²) in [5.41, 5.74) is 5.82. The minimum atomic E-state index is -1.08. The van der Waals surface area contributed by atoms with Crippen molar-refractivity contribution < 1.29 is 14.3 Å². The van der Waals surface area contributed by atoms with E-state index in [0.717, 1.165) is 39.1 Å². The monoisotopic (exact) mass is 369 g/mol. The van der Waals surface area contributed by atoms with Gasteiger partial charge in [0.1, 0.15) is 11.3 Å². The van der Waals surface area contributed by atoms with Gasteiger partial charge in [0.25, 0.3) is 0 Å². The first-order valence-electron chi connectivity index (χ1n) is 8.79. The quantitative estimate of drug-likeness (QED) is 0.493. The van der Waals surface area contributed by atoms with E-state index in [1.165, 1.54) is 6.07 Å². The van der Waals surface area contributed by atoms with E-state index in [9.17, 15) is 9.90 Å². The summed E-state index contributed by atoms with van der Waals surface area (Å²) in [7, 11) is 0. The number of hydrogen-bond donors (Lipinski definition) is 1. The normalized spacial score (nSPS) is 11.3. The first-order chi connectivity index (χ1) is 13.6. The number of hydrogen-bond acceptors (Lipinski definition) is 4. The zero-order valence-corrected chi connectivity index (χ0v) is 15.0. The van der Waals surface area contributed by atoms with Crippen LogP contribution in [-0.2, 0) is 0 Å². The molecule has 0 unspecified atom stereocenters. The molecule has 1 N–H and O–H groups in total. The van der Waals surface area contributed by atoms with Crippen molar-refractivity contribution in [1.29, 1.82) is 0 Å². The molecule has 136 valence electrons. The fourth-order valence-corrected chi connectivity index (χ4v) is 3.44. The number of aromatic carboxylic acids is 1. The molecule has 28 heavy (non-hydrogen) atoms. The Balaban J connectivity index is 1.79. The van der Waals surface area contributed by atoms with E-state index in [-0.39, 0.29) is 5.76 Å². The maximum Gasteiger partial charge on any atom is 0.371 e. The van der Waals surface area contributed by atoms with Crippen LogP contribution in [-0.4, -0.2) is 25.7 Å². The molecule has 0 atom stereocenters. The number of aromatic nitrogens is 3. The molecule has 0 spiro atoms. The van der Waals surface area contributed by atoms with Crippen LogP contribution >= 0.6 is 0 Å². The summed E-state index contributed by atoms with van der Waals surface area (Å²) in [5.74, 6) is -1.16. The summed E-state index contributed by atoms with van der Waals surface area (Å²) < 4.78 is 7.22. The van der Waals surface area contributed by atoms with E-state index >= 15 is 0 Å². The molecule has 0 aliphatic heterocycles. The van der Waals surface area contributed by atoms with E-state index in [1.54, 1.807) is 6.07 Å². The standard InChI is InChI=1S/C22H15N3O3/c1-13-5-4-6-16(23-13)21-20(17-7-2-3-10-25(17)24-21)14-8-9-18-15(11-14)12-19(28-18)22(26)27/h2-12H,1H3,(H,26,27). The van der Waals surface area contributed by atoms with Crippen LogP contribution < -0.4 is 0 Å². The number of nitrogens with zero attached hydrogens (tertiary/aromatic N) is 3. The zero-order chi connectivity index (χ0) is 19.3. The van der Waals surface area contributed by atoms with Gasteiger partial charge < -0.3 is 9.52 Å². The lowest BCUT2D eigenvalue weighted by Crippen LogP contribution is -1.91. The number of pyridine rings is 2. The molecule has 0 radical (unpaired) electrons. The number of aryl methyl sites for hydroxylation is 1. The van der Waals surface area contributed by atoms with Crippen molar-refractivity contribution in [2.24, 2.45) is 0 Å². The highest BCUT2D eigenvalue weighted by Gasteiger charge is 2.19. The highest BCUT2D eigenvalue weighted by atomic mass is 16.4. The molecule has 0 saturated heterocycles. The Hall–Kier alpha value is -3.93. The Kier molecular flexibility index (Phi) is 3.52. The Morgan fingerprint density at radius 3 is 2.79 bits per heavy atom. The second-order valence-corrected chi connectivity index (χ2v) is 6.59. The van der Waals surface area contributed by atoms with E-state index in [1.807, 2.05) is 66.2 Å². The predicted molar refractivity (Wildman–Crippen MR) is 105 cm³/mol. The number of rotatable bonds is 3. The van der Waals surface area contributed by atoms with Crippen LogP contribution in [0.1, 0.15) is 16.2 Å². The lowest BCUT2D eigenvalue weighted by Gasteiger charge is -2.04. The average Bonchev–Trinajstić information content (AvgIpc) is 3.29. The summed E-state index contributed by atoms with van der Waals surface area (Å²) >= 11 is 0. The molecule has 5 aromatic rings. The maximum atomic E-state index is 11.2. The van der Waals surface area contributed by atoms with Crippen molar-refractivity contribution in [3.8, 4) is 22.5 Å². The molecule has 4 aromatic heterocycles. The summed E-state index contributed by atoms with van der Waals surface area (Å²) in [6, 6.07) is 18.9. The van der Waals surface area contributed by atoms with Crippen molar-refractivity contribution in [1.82, 2.24) is 14.6 Å². The lowest BCUT2D eigenvalue weighted by molar-refractivity contribution is 0.0665. The maximum absolute atomic E-state index is 11.2. The van der Waals surface area contributed by atoms with Crippen molar-refractivity contribution in [3.05, 3.63) is 78.3 Å². The molecule has 0 aliphatic rings. The number of furan rings is 1. The van der Waals surface area contributed by atoms with Crippen LogP contribution in [0, 0.1) is 6.92 Å². The van der Waals surface area contributed by atoms with Crippen LogP contribution in [0.2, 0.25) is 0 Å². The zero-order valence-electron chi connectivity index (χ0n) is 15.0. The molecular weight excluding hydrogens is 354 g/mol. The highest BCUT2D eigenvalue weighted by molar-refractivity contribution is 5.97. The Morgan fingerprint density at radius 2 is 1.96 bits per heavy atom. The van der Waals surface area contributed by atoms with Crippen LogP contribution in [0.4, 0.5) is 0 Å². The van der Waals surface area contributed by atoms with Gasteiger partial charge in [0.05, 0.1) is 11.2 Å². The summed E-state index contributed by atoms with van der Waals surface area (Å²) in [6.45, 7) is 1.95. The fraction of sp³-hybridized carbons (Fsp3) is 0.0455. The SMILES string of the molecule is Cc1cccc(-c2nn3ccccc3c2-c2ccc3oc(C(=O)O)cc3c2)n1. The molecule has 5 rings (SSSR count). The molecule has 4 heterocycles. The number of carboxylic acids is 1. The second kappa shape index (κ2) is 6.06. The summed E-state index contributed by atoms with van der Waals surface area (Å²) in [5, 5.41) is 14.7. The van der Waals surface area contributed by atoms with Crippen LogP contribution in [0.25, 0.3) is 39.0 Å². The molecule has 0 bridgehead atoms. The van der Waals surface area contributed by atoms with Crippen LogP contribution in [0.3, 0.4) is 0 Å². The van der Waals surface area contributed by atoms with Gasteiger partial charge in [0.15, 0.2) is 0 Å². The van der Waals surface area contributed by atoms with Crippen molar-refractivity contribution in [3.63, 3.8) is 0 Å². The molecular formula is C22H15N3O3. The molecule has 1 aromatic carbocycles. The van der Waals surface area contributed by atoms with Gasteiger partial charge in [-0.1, -0.05) is 18.2 Å². The van der Waals surface area contributed by atoms with Gasteiger partial charge in [0, 0.05) is 22.8 Å². The largest absolute Gasteiger partial charge is 0.475 e. The number of fused-ring (bicyclic) bond motifs is 2. The smallest absolute Gasteiger partial charge is 0.371 e. The third-order valence-electron chi connectivity index (χ3n) is 4.69. The van der Waals surface area contributed by atoms with Gasteiger partial charge in [-0.15, -0.1) is 0 Å². The van der Waals surface area contributed by atoms with Gasteiger partial charge in [-0.3, -0.25) is 4.98 Å². The predicted octanol–water partition coefficient (Wildman–Crippen LogP) is 4.82. The van der Waals surface area contributed by atoms with Crippen molar-refractivity contribution in [2.45, 2.75) is 6.92 Å². The third kappa shape index (κ3) is 2.54. The van der Waals surface area contributed by atoms with Gasteiger partial charge in [-0.25, -0.2) is 9.31 Å². The minimum absolute atomic E-state index is 0.0763. The summed E-state index contributed by atoms with van der Waals surface area (Å²) in [6.07, 6.45) is 1.90. The molecule has 0 amide bonds. The van der Waals surface area contributed by atoms with Gasteiger partial charge in [0.2, 0.25) is 5.76 Å². The Morgan fingerprint density at radius 1 is 1.07 bits per heavy atom. The average molecular weight is 369 g/mol. The summed E-state index contributed by atoms with van der Waals surface area (Å²) in [4.78, 5) is 15.9. The van der Waals surface area contributed by atoms with Gasteiger partial charge >= 0.3 is 5.97 Å². The van der Waals surface area contributed by atoms with Crippen molar-refractivity contribution in [2.75, 3.05) is 0 Å². The van der Waals surface area contributed by atoms with Gasteiger partial charge in [-0.05, 0) is 55.0 Å². The van der Waals surface area contributed by atoms with Gasteiger partial charge in [-0.2, -0.15) is 5.10 Å². The lowest BCUT2D eigenvalue weighted by atomic mass is 10.0. The molecule has 0 fully saturated rings. The number of carboxylic acid groups (broad SMARTS) is 1. The van der Waals surface area contributed by atoms with Crippen molar-refractivity contribution >= 4 is 22.5 Å².